The number of halogens is 1. The lowest BCUT2D eigenvalue weighted by Gasteiger charge is -2.19. The summed E-state index contributed by atoms with van der Waals surface area (Å²) in [6.07, 6.45) is 0.808. The summed E-state index contributed by atoms with van der Waals surface area (Å²) in [7, 11) is 0. The second-order valence-electron chi connectivity index (χ2n) is 3.69. The molecule has 0 spiro atoms. The van der Waals surface area contributed by atoms with Gasteiger partial charge in [0.2, 0.25) is 5.91 Å². The van der Waals surface area contributed by atoms with E-state index >= 15 is 0 Å². The van der Waals surface area contributed by atoms with E-state index in [1.54, 1.807) is 4.90 Å². The number of rotatable bonds is 5. The number of carbonyl (C=O) groups excluding carboxylic acids is 1. The number of likely N-dealkylation sites (N-methyl/N-ethyl adjacent to an activating group) is 1. The van der Waals surface area contributed by atoms with E-state index in [0.29, 0.717) is 25.9 Å². The van der Waals surface area contributed by atoms with Crippen LogP contribution in [0, 0.1) is 14.9 Å². The van der Waals surface area contributed by atoms with Crippen molar-refractivity contribution in [3.05, 3.63) is 33.4 Å². The Bertz CT molecular complexity index is 426. The third-order valence-electron chi connectivity index (χ3n) is 2.47. The van der Waals surface area contributed by atoms with Crippen LogP contribution in [0.25, 0.3) is 0 Å². The molecule has 0 fully saturated rings. The van der Waals surface area contributed by atoms with Crippen LogP contribution in [0.3, 0.4) is 0 Å². The van der Waals surface area contributed by atoms with E-state index in [1.165, 1.54) is 0 Å². The molecule has 1 aromatic carbocycles. The standard InChI is InChI=1S/C13H15IN2O/c1-2-16(8-4-7-15)13(17)10-11-5-3-6-12(14)9-11/h3,5-6,9H,2,4,8,10H2,1H3. The lowest BCUT2D eigenvalue weighted by molar-refractivity contribution is -0.130. The summed E-state index contributed by atoms with van der Waals surface area (Å²) < 4.78 is 1.13. The van der Waals surface area contributed by atoms with E-state index in [1.807, 2.05) is 31.2 Å². The Kier molecular flexibility index (Phi) is 5.98. The molecule has 0 aliphatic rings. The normalized spacial score (nSPS) is 9.71. The number of hydrogen-bond acceptors (Lipinski definition) is 2. The number of carbonyl (C=O) groups is 1. The number of hydrogen-bond donors (Lipinski definition) is 0. The van der Waals surface area contributed by atoms with Crippen molar-refractivity contribution in [1.29, 1.82) is 5.26 Å². The van der Waals surface area contributed by atoms with Gasteiger partial charge in [0.25, 0.3) is 0 Å². The zero-order valence-electron chi connectivity index (χ0n) is 9.82. The first-order valence-corrected chi connectivity index (χ1v) is 6.64. The van der Waals surface area contributed by atoms with Crippen LogP contribution in [0.4, 0.5) is 0 Å². The first-order valence-electron chi connectivity index (χ1n) is 5.56. The minimum Gasteiger partial charge on any atom is -0.342 e. The Labute approximate surface area is 116 Å². The molecule has 0 N–H and O–H groups in total. The molecule has 0 saturated carbocycles. The van der Waals surface area contributed by atoms with E-state index in [0.717, 1.165) is 9.13 Å². The van der Waals surface area contributed by atoms with Gasteiger partial charge >= 0.3 is 0 Å². The minimum absolute atomic E-state index is 0.0877. The fraction of sp³-hybridized carbons (Fsp3) is 0.385. The molecule has 1 amide bonds. The molecule has 0 atom stereocenters. The maximum atomic E-state index is 12.0. The van der Waals surface area contributed by atoms with Crippen molar-refractivity contribution in [3.8, 4) is 6.07 Å². The smallest absolute Gasteiger partial charge is 0.227 e. The molecule has 0 saturated heterocycles. The van der Waals surface area contributed by atoms with E-state index in [-0.39, 0.29) is 5.91 Å². The molecule has 90 valence electrons. The molecule has 0 aliphatic carbocycles. The Morgan fingerprint density at radius 3 is 2.88 bits per heavy atom. The summed E-state index contributed by atoms with van der Waals surface area (Å²) in [6.45, 7) is 3.12. The topological polar surface area (TPSA) is 44.1 Å². The number of nitriles is 1. The number of benzene rings is 1. The Hall–Kier alpha value is -1.09. The van der Waals surface area contributed by atoms with E-state index < -0.39 is 0 Å². The quantitative estimate of drug-likeness (QED) is 0.772. The first kappa shape index (κ1) is 14.0. The van der Waals surface area contributed by atoms with E-state index in [2.05, 4.69) is 28.7 Å². The zero-order valence-corrected chi connectivity index (χ0v) is 12.0. The van der Waals surface area contributed by atoms with Gasteiger partial charge in [0.15, 0.2) is 0 Å². The highest BCUT2D eigenvalue weighted by Gasteiger charge is 2.11. The van der Waals surface area contributed by atoms with Gasteiger partial charge < -0.3 is 4.90 Å². The fourth-order valence-electron chi connectivity index (χ4n) is 1.58. The maximum absolute atomic E-state index is 12.0. The van der Waals surface area contributed by atoms with Gasteiger partial charge in [-0.15, -0.1) is 0 Å². The lowest BCUT2D eigenvalue weighted by atomic mass is 10.1. The summed E-state index contributed by atoms with van der Waals surface area (Å²) in [6, 6.07) is 9.99. The van der Waals surface area contributed by atoms with Gasteiger partial charge in [-0.25, -0.2) is 0 Å². The minimum atomic E-state index is 0.0877. The molecule has 1 rings (SSSR count). The Morgan fingerprint density at radius 2 is 2.29 bits per heavy atom. The van der Waals surface area contributed by atoms with Crippen molar-refractivity contribution >= 4 is 28.5 Å². The summed E-state index contributed by atoms with van der Waals surface area (Å²) in [5, 5.41) is 8.53. The zero-order chi connectivity index (χ0) is 12.7. The van der Waals surface area contributed by atoms with Crippen LogP contribution < -0.4 is 0 Å². The summed E-state index contributed by atoms with van der Waals surface area (Å²) in [5.74, 6) is 0.0877. The molecule has 0 radical (unpaired) electrons. The van der Waals surface area contributed by atoms with Gasteiger partial charge in [0, 0.05) is 16.7 Å². The van der Waals surface area contributed by atoms with Gasteiger partial charge in [0.05, 0.1) is 18.9 Å². The van der Waals surface area contributed by atoms with Crippen molar-refractivity contribution in [3.63, 3.8) is 0 Å². The molecule has 0 aromatic heterocycles. The third kappa shape index (κ3) is 4.73. The highest BCUT2D eigenvalue weighted by atomic mass is 127. The van der Waals surface area contributed by atoms with Crippen molar-refractivity contribution < 1.29 is 4.79 Å². The van der Waals surface area contributed by atoms with Crippen LogP contribution in [-0.2, 0) is 11.2 Å². The second-order valence-corrected chi connectivity index (χ2v) is 4.93. The molecular formula is C13H15IN2O. The van der Waals surface area contributed by atoms with E-state index in [9.17, 15) is 4.79 Å². The Morgan fingerprint density at radius 1 is 1.53 bits per heavy atom. The van der Waals surface area contributed by atoms with Gasteiger partial charge in [0.1, 0.15) is 0 Å². The average Bonchev–Trinajstić information content (AvgIpc) is 2.30. The molecule has 4 heteroatoms. The summed E-state index contributed by atoms with van der Waals surface area (Å²) in [5.41, 5.74) is 1.03. The largest absolute Gasteiger partial charge is 0.342 e. The molecule has 0 unspecified atom stereocenters. The predicted molar refractivity (Wildman–Crippen MR) is 75.3 cm³/mol. The summed E-state index contributed by atoms with van der Waals surface area (Å²) in [4.78, 5) is 13.7. The monoisotopic (exact) mass is 342 g/mol. The van der Waals surface area contributed by atoms with Crippen molar-refractivity contribution in [2.75, 3.05) is 13.1 Å². The maximum Gasteiger partial charge on any atom is 0.227 e. The number of nitrogens with zero attached hydrogens (tertiary/aromatic N) is 2. The van der Waals surface area contributed by atoms with Gasteiger partial charge in [-0.2, -0.15) is 5.26 Å². The van der Waals surface area contributed by atoms with Gasteiger partial charge in [-0.1, -0.05) is 12.1 Å². The van der Waals surface area contributed by atoms with Crippen molar-refractivity contribution in [2.24, 2.45) is 0 Å². The first-order chi connectivity index (χ1) is 8.17. The highest BCUT2D eigenvalue weighted by Crippen LogP contribution is 2.09. The molecular weight excluding hydrogens is 327 g/mol. The predicted octanol–water partition coefficient (Wildman–Crippen LogP) is 2.60. The van der Waals surface area contributed by atoms with E-state index in [4.69, 9.17) is 5.26 Å². The Balaban J connectivity index is 2.61. The third-order valence-corrected chi connectivity index (χ3v) is 3.14. The van der Waals surface area contributed by atoms with Crippen molar-refractivity contribution in [2.45, 2.75) is 19.8 Å². The van der Waals surface area contributed by atoms with Gasteiger partial charge in [-0.3, -0.25) is 4.79 Å². The SMILES string of the molecule is CCN(CCC#N)C(=O)Cc1cccc(I)c1. The van der Waals surface area contributed by atoms with Crippen LogP contribution in [-0.4, -0.2) is 23.9 Å². The van der Waals surface area contributed by atoms with Crippen LogP contribution in [0.2, 0.25) is 0 Å². The molecule has 3 nitrogen and oxygen atoms in total. The average molecular weight is 342 g/mol. The second kappa shape index (κ2) is 7.28. The van der Waals surface area contributed by atoms with Gasteiger partial charge in [-0.05, 0) is 47.2 Å². The molecule has 0 heterocycles. The molecule has 0 bridgehead atoms. The lowest BCUT2D eigenvalue weighted by Crippen LogP contribution is -2.32. The number of amides is 1. The van der Waals surface area contributed by atoms with Crippen LogP contribution >= 0.6 is 22.6 Å². The summed E-state index contributed by atoms with van der Waals surface area (Å²) >= 11 is 2.23. The molecule has 0 aliphatic heterocycles. The van der Waals surface area contributed by atoms with Crippen LogP contribution in [0.15, 0.2) is 24.3 Å². The van der Waals surface area contributed by atoms with Crippen molar-refractivity contribution in [1.82, 2.24) is 4.90 Å². The highest BCUT2D eigenvalue weighted by molar-refractivity contribution is 14.1. The molecule has 17 heavy (non-hydrogen) atoms. The van der Waals surface area contributed by atoms with Crippen LogP contribution in [0.5, 0.6) is 0 Å². The van der Waals surface area contributed by atoms with Crippen LogP contribution in [0.1, 0.15) is 18.9 Å². The fourth-order valence-corrected chi connectivity index (χ4v) is 2.19. The molecule has 1 aromatic rings.